The van der Waals surface area contributed by atoms with Crippen LogP contribution in [0.5, 0.6) is 0 Å². The van der Waals surface area contributed by atoms with Gasteiger partial charge < -0.3 is 10.9 Å². The molecular formula is C13H13F3N4O. The van der Waals surface area contributed by atoms with Gasteiger partial charge in [0.05, 0.1) is 24.2 Å². The number of hydrogen-bond acceptors (Lipinski definition) is 3. The summed E-state index contributed by atoms with van der Waals surface area (Å²) in [5.74, 6) is -0.664. The van der Waals surface area contributed by atoms with E-state index in [0.29, 0.717) is 0 Å². The van der Waals surface area contributed by atoms with Gasteiger partial charge in [-0.15, -0.1) is 0 Å². The molecule has 1 unspecified atom stereocenters. The van der Waals surface area contributed by atoms with Gasteiger partial charge in [0, 0.05) is 6.20 Å². The molecule has 3 N–H and O–H groups in total. The second-order valence-electron chi connectivity index (χ2n) is 4.44. The van der Waals surface area contributed by atoms with Crippen molar-refractivity contribution in [2.45, 2.75) is 18.6 Å². The van der Waals surface area contributed by atoms with Crippen molar-refractivity contribution in [3.05, 3.63) is 53.9 Å². The van der Waals surface area contributed by atoms with Gasteiger partial charge in [-0.2, -0.15) is 18.3 Å². The highest BCUT2D eigenvalue weighted by Crippen LogP contribution is 2.29. The van der Waals surface area contributed by atoms with Gasteiger partial charge in [0.15, 0.2) is 0 Å². The van der Waals surface area contributed by atoms with Gasteiger partial charge in [-0.1, -0.05) is 35.5 Å². The van der Waals surface area contributed by atoms with Crippen LogP contribution in [-0.2, 0) is 12.7 Å². The molecule has 1 aromatic heterocycles. The summed E-state index contributed by atoms with van der Waals surface area (Å²) >= 11 is 0. The first-order valence-corrected chi connectivity index (χ1v) is 6.04. The molecule has 1 atom stereocenters. The van der Waals surface area contributed by atoms with Crippen molar-refractivity contribution < 1.29 is 18.4 Å². The van der Waals surface area contributed by atoms with Crippen LogP contribution in [0, 0.1) is 0 Å². The van der Waals surface area contributed by atoms with Crippen molar-refractivity contribution in [2.24, 2.45) is 10.9 Å². The molecule has 21 heavy (non-hydrogen) atoms. The monoisotopic (exact) mass is 298 g/mol. The average molecular weight is 298 g/mol. The lowest BCUT2D eigenvalue weighted by Crippen LogP contribution is -2.26. The van der Waals surface area contributed by atoms with Crippen molar-refractivity contribution in [1.29, 1.82) is 0 Å². The number of aromatic nitrogens is 2. The van der Waals surface area contributed by atoms with E-state index >= 15 is 0 Å². The fourth-order valence-corrected chi connectivity index (χ4v) is 1.92. The highest BCUT2D eigenvalue weighted by atomic mass is 19.4. The summed E-state index contributed by atoms with van der Waals surface area (Å²) in [4.78, 5) is 0. The van der Waals surface area contributed by atoms with Crippen LogP contribution in [0.15, 0.2) is 47.9 Å². The lowest BCUT2D eigenvalue weighted by molar-refractivity contribution is -0.137. The van der Waals surface area contributed by atoms with Crippen molar-refractivity contribution in [2.75, 3.05) is 0 Å². The van der Waals surface area contributed by atoms with Crippen LogP contribution < -0.4 is 5.73 Å². The van der Waals surface area contributed by atoms with Gasteiger partial charge in [-0.05, 0) is 5.56 Å². The van der Waals surface area contributed by atoms with Gasteiger partial charge in [0.2, 0.25) is 0 Å². The van der Waals surface area contributed by atoms with Crippen LogP contribution in [0.2, 0.25) is 0 Å². The Kier molecular flexibility index (Phi) is 4.15. The minimum Gasteiger partial charge on any atom is -0.409 e. The standard InChI is InChI=1S/C13H13F3N4O/c14-13(15,16)10-6-18-20(7-10)8-11(12(17)19-21)9-4-2-1-3-5-9/h1-7,11,21H,8H2,(H2,17,19). The summed E-state index contributed by atoms with van der Waals surface area (Å²) in [5.41, 5.74) is 5.51. The van der Waals surface area contributed by atoms with Crippen LogP contribution >= 0.6 is 0 Å². The molecule has 0 radical (unpaired) electrons. The molecule has 0 aliphatic heterocycles. The molecule has 0 saturated carbocycles. The van der Waals surface area contributed by atoms with Crippen LogP contribution in [0.4, 0.5) is 13.2 Å². The molecule has 112 valence electrons. The molecule has 5 nitrogen and oxygen atoms in total. The quantitative estimate of drug-likeness (QED) is 0.394. The topological polar surface area (TPSA) is 76.4 Å². The minimum atomic E-state index is -4.45. The van der Waals surface area contributed by atoms with Crippen molar-refractivity contribution in [3.8, 4) is 0 Å². The Bertz CT molecular complexity index is 622. The summed E-state index contributed by atoms with van der Waals surface area (Å²) in [5, 5.41) is 15.4. The van der Waals surface area contributed by atoms with Gasteiger partial charge >= 0.3 is 6.18 Å². The molecule has 0 bridgehead atoms. The van der Waals surface area contributed by atoms with Gasteiger partial charge in [0.25, 0.3) is 0 Å². The number of hydrogen-bond donors (Lipinski definition) is 2. The number of halogens is 3. The molecule has 8 heteroatoms. The number of amidine groups is 1. The van der Waals surface area contributed by atoms with Gasteiger partial charge in [-0.3, -0.25) is 4.68 Å². The Morgan fingerprint density at radius 2 is 2.00 bits per heavy atom. The second-order valence-corrected chi connectivity index (χ2v) is 4.44. The smallest absolute Gasteiger partial charge is 0.409 e. The van der Waals surface area contributed by atoms with E-state index in [9.17, 15) is 13.2 Å². The maximum atomic E-state index is 12.5. The molecule has 1 aromatic carbocycles. The summed E-state index contributed by atoms with van der Waals surface area (Å²) in [6.07, 6.45) is -2.81. The van der Waals surface area contributed by atoms with Crippen molar-refractivity contribution in [1.82, 2.24) is 9.78 Å². The minimum absolute atomic E-state index is 0.0377. The lowest BCUT2D eigenvalue weighted by Gasteiger charge is -2.16. The number of oxime groups is 1. The molecule has 0 fully saturated rings. The molecular weight excluding hydrogens is 285 g/mol. The third kappa shape index (κ3) is 3.53. The number of alkyl halides is 3. The highest BCUT2D eigenvalue weighted by molar-refractivity contribution is 5.86. The zero-order chi connectivity index (χ0) is 15.5. The Balaban J connectivity index is 2.26. The molecule has 0 saturated heterocycles. The molecule has 0 aliphatic rings. The van der Waals surface area contributed by atoms with Crippen LogP contribution in [0.1, 0.15) is 17.0 Å². The first-order valence-electron chi connectivity index (χ1n) is 6.04. The van der Waals surface area contributed by atoms with E-state index in [2.05, 4.69) is 10.3 Å². The van der Waals surface area contributed by atoms with E-state index in [1.54, 1.807) is 30.3 Å². The molecule has 0 aliphatic carbocycles. The maximum Gasteiger partial charge on any atom is 0.419 e. The number of nitrogens with zero attached hydrogens (tertiary/aromatic N) is 3. The predicted molar refractivity (Wildman–Crippen MR) is 69.8 cm³/mol. The number of rotatable bonds is 4. The fraction of sp³-hybridized carbons (Fsp3) is 0.231. The molecule has 0 amide bonds. The van der Waals surface area contributed by atoms with E-state index in [-0.39, 0.29) is 12.4 Å². The normalized spacial score (nSPS) is 14.1. The van der Waals surface area contributed by atoms with Crippen molar-refractivity contribution in [3.63, 3.8) is 0 Å². The average Bonchev–Trinajstić information content (AvgIpc) is 2.93. The van der Waals surface area contributed by atoms with E-state index < -0.39 is 17.7 Å². The molecule has 1 heterocycles. The molecule has 2 rings (SSSR count). The summed E-state index contributed by atoms with van der Waals surface area (Å²) in [6.45, 7) is 0.0377. The van der Waals surface area contributed by atoms with E-state index in [4.69, 9.17) is 10.9 Å². The lowest BCUT2D eigenvalue weighted by atomic mass is 9.98. The second kappa shape index (κ2) is 5.86. The van der Waals surface area contributed by atoms with Crippen LogP contribution in [0.25, 0.3) is 0 Å². The van der Waals surface area contributed by atoms with E-state index in [1.807, 2.05) is 0 Å². The highest BCUT2D eigenvalue weighted by Gasteiger charge is 2.32. The zero-order valence-electron chi connectivity index (χ0n) is 10.8. The Labute approximate surface area is 118 Å². The fourth-order valence-electron chi connectivity index (χ4n) is 1.92. The van der Waals surface area contributed by atoms with Gasteiger partial charge in [-0.25, -0.2) is 0 Å². The SMILES string of the molecule is NC(=NO)C(Cn1cc(C(F)(F)F)cn1)c1ccccc1. The maximum absolute atomic E-state index is 12.5. The van der Waals surface area contributed by atoms with E-state index in [0.717, 1.165) is 22.6 Å². The summed E-state index contributed by atoms with van der Waals surface area (Å²) in [6, 6.07) is 8.81. The first-order chi connectivity index (χ1) is 9.91. The van der Waals surface area contributed by atoms with Crippen LogP contribution in [-0.4, -0.2) is 20.8 Å². The Hall–Kier alpha value is -2.51. The largest absolute Gasteiger partial charge is 0.419 e. The third-order valence-electron chi connectivity index (χ3n) is 3.00. The number of benzene rings is 1. The number of nitrogens with two attached hydrogens (primary N) is 1. The summed E-state index contributed by atoms with van der Waals surface area (Å²) < 4.78 is 38.8. The van der Waals surface area contributed by atoms with E-state index in [1.165, 1.54) is 0 Å². The van der Waals surface area contributed by atoms with Crippen LogP contribution in [0.3, 0.4) is 0 Å². The predicted octanol–water partition coefficient (Wildman–Crippen LogP) is 2.43. The summed E-state index contributed by atoms with van der Waals surface area (Å²) in [7, 11) is 0. The Morgan fingerprint density at radius 1 is 1.33 bits per heavy atom. The first kappa shape index (κ1) is 14.9. The molecule has 2 aromatic rings. The third-order valence-corrected chi connectivity index (χ3v) is 3.00. The van der Waals surface area contributed by atoms with Gasteiger partial charge in [0.1, 0.15) is 5.84 Å². The Morgan fingerprint density at radius 3 is 2.52 bits per heavy atom. The zero-order valence-corrected chi connectivity index (χ0v) is 10.8. The molecule has 0 spiro atoms. The van der Waals surface area contributed by atoms with Crippen molar-refractivity contribution >= 4 is 5.84 Å².